The van der Waals surface area contributed by atoms with Gasteiger partial charge in [-0.2, -0.15) is 5.10 Å². The molecule has 0 amide bonds. The van der Waals surface area contributed by atoms with E-state index in [0.29, 0.717) is 32.0 Å². The topological polar surface area (TPSA) is 99.9 Å². The Kier molecular flexibility index (Phi) is 5.03. The highest BCUT2D eigenvalue weighted by Gasteiger charge is 2.24. The molecule has 0 bridgehead atoms. The molecule has 1 aromatic heterocycles. The number of rotatable bonds is 3. The Morgan fingerprint density at radius 2 is 1.88 bits per heavy atom. The second kappa shape index (κ2) is 7.21. The summed E-state index contributed by atoms with van der Waals surface area (Å²) in [6, 6.07) is -0.0713. The van der Waals surface area contributed by atoms with Crippen LogP contribution in [0.3, 0.4) is 0 Å². The average Bonchev–Trinajstić information content (AvgIpc) is 2.56. The molecule has 132 valence electrons. The van der Waals surface area contributed by atoms with Crippen molar-refractivity contribution in [2.24, 2.45) is 5.10 Å². The molecule has 2 fully saturated rings. The molecular formula is C16H24N4O4. The second-order valence-electron chi connectivity index (χ2n) is 6.37. The van der Waals surface area contributed by atoms with Gasteiger partial charge in [-0.15, -0.1) is 0 Å². The molecule has 1 aliphatic carbocycles. The van der Waals surface area contributed by atoms with Crippen LogP contribution in [0.2, 0.25) is 0 Å². The van der Waals surface area contributed by atoms with Crippen molar-refractivity contribution in [1.82, 2.24) is 14.6 Å². The van der Waals surface area contributed by atoms with Gasteiger partial charge in [-0.3, -0.25) is 19.4 Å². The van der Waals surface area contributed by atoms with E-state index in [4.69, 9.17) is 4.74 Å². The number of aromatic amines is 1. The van der Waals surface area contributed by atoms with Crippen LogP contribution in [0.4, 0.5) is 0 Å². The van der Waals surface area contributed by atoms with E-state index in [1.807, 2.05) is 5.01 Å². The maximum atomic E-state index is 12.2. The Morgan fingerprint density at radius 3 is 2.54 bits per heavy atom. The zero-order valence-electron chi connectivity index (χ0n) is 14.0. The van der Waals surface area contributed by atoms with Gasteiger partial charge in [0.25, 0.3) is 5.56 Å². The Morgan fingerprint density at radius 1 is 1.21 bits per heavy atom. The maximum absolute atomic E-state index is 12.2. The number of H-pyrrole nitrogens is 1. The van der Waals surface area contributed by atoms with E-state index in [1.54, 1.807) is 6.92 Å². The fraction of sp³-hybridized carbons (Fsp3) is 0.688. The predicted molar refractivity (Wildman–Crippen MR) is 89.7 cm³/mol. The third-order valence-electron chi connectivity index (χ3n) is 4.70. The first kappa shape index (κ1) is 16.8. The number of hydrogen-bond acceptors (Lipinski definition) is 6. The van der Waals surface area contributed by atoms with Crippen LogP contribution < -0.4 is 11.2 Å². The van der Waals surface area contributed by atoms with E-state index in [0.717, 1.165) is 32.1 Å². The Balaban J connectivity index is 1.99. The van der Waals surface area contributed by atoms with Gasteiger partial charge in [-0.1, -0.05) is 19.3 Å². The van der Waals surface area contributed by atoms with Gasteiger partial charge in [0.2, 0.25) is 5.88 Å². The third-order valence-corrected chi connectivity index (χ3v) is 4.70. The minimum Gasteiger partial charge on any atom is -0.494 e. The molecule has 0 unspecified atom stereocenters. The molecule has 3 rings (SSSR count). The van der Waals surface area contributed by atoms with Crippen LogP contribution in [0.25, 0.3) is 0 Å². The van der Waals surface area contributed by atoms with Crippen molar-refractivity contribution >= 4 is 5.71 Å². The van der Waals surface area contributed by atoms with Crippen LogP contribution in [0, 0.1) is 0 Å². The van der Waals surface area contributed by atoms with Crippen LogP contribution in [0.15, 0.2) is 14.7 Å². The summed E-state index contributed by atoms with van der Waals surface area (Å²) in [6.45, 7) is 4.12. The minimum atomic E-state index is -0.598. The molecule has 0 radical (unpaired) electrons. The van der Waals surface area contributed by atoms with Gasteiger partial charge in [0.1, 0.15) is 5.56 Å². The van der Waals surface area contributed by atoms with Gasteiger partial charge in [0, 0.05) is 6.04 Å². The van der Waals surface area contributed by atoms with E-state index in [2.05, 4.69) is 10.1 Å². The summed E-state index contributed by atoms with van der Waals surface area (Å²) in [6.07, 6.45) is 4.84. The molecule has 8 nitrogen and oxygen atoms in total. The molecule has 0 aromatic carbocycles. The first-order valence-corrected chi connectivity index (χ1v) is 8.54. The van der Waals surface area contributed by atoms with Gasteiger partial charge < -0.3 is 9.84 Å². The number of nitrogens with one attached hydrogen (secondary N) is 1. The minimum absolute atomic E-state index is 0.0713. The highest BCUT2D eigenvalue weighted by atomic mass is 16.5. The lowest BCUT2D eigenvalue weighted by molar-refractivity contribution is 0.0393. The molecule has 1 aromatic rings. The van der Waals surface area contributed by atoms with Crippen molar-refractivity contribution < 1.29 is 9.84 Å². The van der Waals surface area contributed by atoms with E-state index in [-0.39, 0.29) is 17.5 Å². The van der Waals surface area contributed by atoms with E-state index >= 15 is 0 Å². The lowest BCUT2D eigenvalue weighted by Gasteiger charge is -2.26. The standard InChI is InChI=1S/C16H24N4O4/c1-11(18-19-7-9-24-10-8-19)13-14(21)17-16(23)20(15(13)22)12-5-3-2-4-6-12/h12,22H,2-10H2,1H3,(H,17,21,23)/b18-11+. The van der Waals surface area contributed by atoms with Crippen molar-refractivity contribution in [2.45, 2.75) is 45.1 Å². The number of ether oxygens (including phenoxy) is 1. The van der Waals surface area contributed by atoms with Crippen LogP contribution >= 0.6 is 0 Å². The summed E-state index contributed by atoms with van der Waals surface area (Å²) < 4.78 is 6.60. The zero-order valence-corrected chi connectivity index (χ0v) is 14.0. The normalized spacial score (nSPS) is 20.4. The maximum Gasteiger partial charge on any atom is 0.331 e. The summed E-state index contributed by atoms with van der Waals surface area (Å²) in [7, 11) is 0. The molecule has 0 spiro atoms. The lowest BCUT2D eigenvalue weighted by Crippen LogP contribution is -2.37. The van der Waals surface area contributed by atoms with Gasteiger partial charge in [0.15, 0.2) is 0 Å². The molecule has 2 N–H and O–H groups in total. The fourth-order valence-electron chi connectivity index (χ4n) is 3.46. The first-order chi connectivity index (χ1) is 11.6. The van der Waals surface area contributed by atoms with Crippen molar-refractivity contribution in [2.75, 3.05) is 26.3 Å². The summed E-state index contributed by atoms with van der Waals surface area (Å²) in [5, 5.41) is 16.9. The molecular weight excluding hydrogens is 312 g/mol. The first-order valence-electron chi connectivity index (χ1n) is 8.54. The van der Waals surface area contributed by atoms with E-state index < -0.39 is 11.2 Å². The summed E-state index contributed by atoms with van der Waals surface area (Å²) in [5.41, 5.74) is -0.668. The van der Waals surface area contributed by atoms with Crippen LogP contribution in [0.5, 0.6) is 5.88 Å². The number of hydrazone groups is 1. The summed E-state index contributed by atoms with van der Waals surface area (Å²) >= 11 is 0. The highest BCUT2D eigenvalue weighted by Crippen LogP contribution is 2.30. The molecule has 0 atom stereocenters. The van der Waals surface area contributed by atoms with Gasteiger partial charge in [-0.25, -0.2) is 4.79 Å². The largest absolute Gasteiger partial charge is 0.494 e. The molecule has 1 saturated carbocycles. The van der Waals surface area contributed by atoms with Crippen LogP contribution in [0.1, 0.15) is 50.6 Å². The Hall–Kier alpha value is -2.09. The number of morpholine rings is 1. The summed E-state index contributed by atoms with van der Waals surface area (Å²) in [4.78, 5) is 26.8. The van der Waals surface area contributed by atoms with Crippen molar-refractivity contribution in [3.63, 3.8) is 0 Å². The molecule has 1 aliphatic heterocycles. The SMILES string of the molecule is C/C(=N\N1CCOCC1)c1c(O)n(C2CCCCC2)c(=O)[nH]c1=O. The highest BCUT2D eigenvalue weighted by molar-refractivity contribution is 6.00. The zero-order chi connectivity index (χ0) is 17.1. The van der Waals surface area contributed by atoms with E-state index in [9.17, 15) is 14.7 Å². The summed E-state index contributed by atoms with van der Waals surface area (Å²) in [5.74, 6) is -0.273. The molecule has 1 saturated heterocycles. The van der Waals surface area contributed by atoms with Gasteiger partial charge >= 0.3 is 5.69 Å². The smallest absolute Gasteiger partial charge is 0.331 e. The van der Waals surface area contributed by atoms with Gasteiger partial charge in [-0.05, 0) is 19.8 Å². The Bertz CT molecular complexity index is 725. The number of nitrogens with zero attached hydrogens (tertiary/aromatic N) is 3. The molecule has 8 heteroatoms. The van der Waals surface area contributed by atoms with E-state index in [1.165, 1.54) is 4.57 Å². The van der Waals surface area contributed by atoms with Crippen LogP contribution in [-0.2, 0) is 4.74 Å². The van der Waals surface area contributed by atoms with Crippen molar-refractivity contribution in [1.29, 1.82) is 0 Å². The molecule has 24 heavy (non-hydrogen) atoms. The third kappa shape index (κ3) is 3.38. The average molecular weight is 336 g/mol. The quantitative estimate of drug-likeness (QED) is 0.796. The van der Waals surface area contributed by atoms with Crippen LogP contribution in [-0.4, -0.2) is 51.7 Å². The fourth-order valence-corrected chi connectivity index (χ4v) is 3.46. The second-order valence-corrected chi connectivity index (χ2v) is 6.37. The molecule has 2 heterocycles. The monoisotopic (exact) mass is 336 g/mol. The Labute approximate surface area is 139 Å². The number of aromatic nitrogens is 2. The predicted octanol–water partition coefficient (Wildman–Crippen LogP) is 0.804. The number of aromatic hydroxyl groups is 1. The lowest BCUT2D eigenvalue weighted by atomic mass is 9.95. The molecule has 2 aliphatic rings. The van der Waals surface area contributed by atoms with Gasteiger partial charge in [0.05, 0.1) is 32.0 Å². The van der Waals surface area contributed by atoms with Crippen molar-refractivity contribution in [3.8, 4) is 5.88 Å². The van der Waals surface area contributed by atoms with Crippen molar-refractivity contribution in [3.05, 3.63) is 26.4 Å². The number of hydrogen-bond donors (Lipinski definition) is 2.